The summed E-state index contributed by atoms with van der Waals surface area (Å²) in [5.41, 5.74) is 2.01. The van der Waals surface area contributed by atoms with E-state index in [4.69, 9.17) is 0 Å². The number of rotatable bonds is 9. The minimum absolute atomic E-state index is 0.0650. The molecule has 118 valence electrons. The van der Waals surface area contributed by atoms with Crippen molar-refractivity contribution in [2.75, 3.05) is 6.54 Å². The second-order valence-corrected chi connectivity index (χ2v) is 8.04. The lowest BCUT2D eigenvalue weighted by atomic mass is 10.1. The molecule has 2 rings (SSSR count). The molecule has 2 N–H and O–H groups in total. The molecule has 4 nitrogen and oxygen atoms in total. The van der Waals surface area contributed by atoms with Gasteiger partial charge in [0.05, 0.1) is 5.75 Å². The van der Waals surface area contributed by atoms with Crippen molar-refractivity contribution in [2.45, 2.75) is 51.4 Å². The predicted molar refractivity (Wildman–Crippen MR) is 86.4 cm³/mol. The van der Waals surface area contributed by atoms with E-state index in [9.17, 15) is 8.42 Å². The molecule has 0 heterocycles. The topological polar surface area (TPSA) is 58.2 Å². The lowest BCUT2D eigenvalue weighted by molar-refractivity contribution is 0.574. The number of benzene rings is 1. The minimum Gasteiger partial charge on any atom is -0.310 e. The summed E-state index contributed by atoms with van der Waals surface area (Å²) in [6, 6.07) is 8.23. The van der Waals surface area contributed by atoms with Crippen molar-refractivity contribution in [1.29, 1.82) is 0 Å². The predicted octanol–water partition coefficient (Wildman–Crippen LogP) is 2.40. The van der Waals surface area contributed by atoms with Crippen LogP contribution in [0.4, 0.5) is 0 Å². The summed E-state index contributed by atoms with van der Waals surface area (Å²) in [6.45, 7) is 5.59. The zero-order valence-corrected chi connectivity index (χ0v) is 13.7. The smallest absolute Gasteiger partial charge is 0.215 e. The number of sulfonamides is 1. The molecule has 0 saturated heterocycles. The molecule has 1 aliphatic rings. The first-order chi connectivity index (χ1) is 9.94. The summed E-state index contributed by atoms with van der Waals surface area (Å²) in [6.07, 6.45) is 3.49. The standard InChI is InChI=1S/C16H26N2O2S/c1-13(2)17-11-15-5-7-16(8-6-15)12-21(19,20)18-10-9-14-3-4-14/h5-8,13-14,17-18H,3-4,9-12H2,1-2H3. The highest BCUT2D eigenvalue weighted by Crippen LogP contribution is 2.31. The largest absolute Gasteiger partial charge is 0.310 e. The summed E-state index contributed by atoms with van der Waals surface area (Å²) < 4.78 is 26.7. The Morgan fingerprint density at radius 2 is 1.76 bits per heavy atom. The van der Waals surface area contributed by atoms with E-state index in [1.54, 1.807) is 0 Å². The summed E-state index contributed by atoms with van der Waals surface area (Å²) >= 11 is 0. The van der Waals surface area contributed by atoms with Gasteiger partial charge in [-0.25, -0.2) is 13.1 Å². The fourth-order valence-electron chi connectivity index (χ4n) is 2.17. The van der Waals surface area contributed by atoms with Crippen LogP contribution in [0.2, 0.25) is 0 Å². The van der Waals surface area contributed by atoms with E-state index >= 15 is 0 Å². The van der Waals surface area contributed by atoms with Crippen LogP contribution < -0.4 is 10.0 Å². The maximum absolute atomic E-state index is 12.0. The van der Waals surface area contributed by atoms with Crippen LogP contribution in [0, 0.1) is 5.92 Å². The zero-order chi connectivity index (χ0) is 15.3. The Balaban J connectivity index is 1.80. The van der Waals surface area contributed by atoms with Crippen LogP contribution in [0.1, 0.15) is 44.2 Å². The molecular weight excluding hydrogens is 284 g/mol. The van der Waals surface area contributed by atoms with Gasteiger partial charge in [0.25, 0.3) is 0 Å². The SMILES string of the molecule is CC(C)NCc1ccc(CS(=O)(=O)NCCC2CC2)cc1. The molecule has 1 aromatic carbocycles. The highest BCUT2D eigenvalue weighted by molar-refractivity contribution is 7.88. The molecular formula is C16H26N2O2S. The lowest BCUT2D eigenvalue weighted by Gasteiger charge is -2.09. The van der Waals surface area contributed by atoms with Gasteiger partial charge >= 0.3 is 0 Å². The normalized spacial score (nSPS) is 15.6. The molecule has 1 aliphatic carbocycles. The van der Waals surface area contributed by atoms with Crippen molar-refractivity contribution in [3.05, 3.63) is 35.4 Å². The molecule has 5 heteroatoms. The highest BCUT2D eigenvalue weighted by Gasteiger charge is 2.21. The van der Waals surface area contributed by atoms with Crippen molar-refractivity contribution in [3.63, 3.8) is 0 Å². The quantitative estimate of drug-likeness (QED) is 0.736. The van der Waals surface area contributed by atoms with Gasteiger partial charge in [0.15, 0.2) is 0 Å². The molecule has 0 spiro atoms. The Morgan fingerprint density at radius 1 is 1.14 bits per heavy atom. The Morgan fingerprint density at radius 3 is 2.33 bits per heavy atom. The maximum Gasteiger partial charge on any atom is 0.215 e. The van der Waals surface area contributed by atoms with Gasteiger partial charge in [-0.2, -0.15) is 0 Å². The molecule has 21 heavy (non-hydrogen) atoms. The zero-order valence-electron chi connectivity index (χ0n) is 12.9. The average molecular weight is 310 g/mol. The van der Waals surface area contributed by atoms with Gasteiger partial charge in [0.2, 0.25) is 10.0 Å². The fourth-order valence-corrected chi connectivity index (χ4v) is 3.33. The summed E-state index contributed by atoms with van der Waals surface area (Å²) in [5, 5.41) is 3.34. The van der Waals surface area contributed by atoms with Crippen molar-refractivity contribution in [2.24, 2.45) is 5.92 Å². The van der Waals surface area contributed by atoms with Gasteiger partial charge < -0.3 is 5.32 Å². The molecule has 0 aliphatic heterocycles. The van der Waals surface area contributed by atoms with Crippen LogP contribution in [-0.4, -0.2) is 21.0 Å². The van der Waals surface area contributed by atoms with Crippen molar-refractivity contribution in [3.8, 4) is 0 Å². The minimum atomic E-state index is -3.21. The first-order valence-electron chi connectivity index (χ1n) is 7.73. The molecule has 0 atom stereocenters. The summed E-state index contributed by atoms with van der Waals surface area (Å²) in [7, 11) is -3.21. The van der Waals surface area contributed by atoms with E-state index in [2.05, 4.69) is 23.9 Å². The van der Waals surface area contributed by atoms with E-state index in [0.717, 1.165) is 24.4 Å². The fraction of sp³-hybridized carbons (Fsp3) is 0.625. The lowest BCUT2D eigenvalue weighted by Crippen LogP contribution is -2.26. The van der Waals surface area contributed by atoms with E-state index in [-0.39, 0.29) is 5.75 Å². The van der Waals surface area contributed by atoms with E-state index in [1.165, 1.54) is 18.4 Å². The number of hydrogen-bond acceptors (Lipinski definition) is 3. The molecule has 1 aromatic rings. The second kappa shape index (κ2) is 7.38. The Kier molecular flexibility index (Phi) is 5.79. The van der Waals surface area contributed by atoms with Gasteiger partial charge in [-0.05, 0) is 23.5 Å². The highest BCUT2D eigenvalue weighted by atomic mass is 32.2. The monoisotopic (exact) mass is 310 g/mol. The molecule has 1 saturated carbocycles. The third kappa shape index (κ3) is 6.59. The Hall–Kier alpha value is -0.910. The van der Waals surface area contributed by atoms with Crippen LogP contribution in [0.25, 0.3) is 0 Å². The second-order valence-electron chi connectivity index (χ2n) is 6.24. The van der Waals surface area contributed by atoms with Gasteiger partial charge in [-0.1, -0.05) is 51.0 Å². The first-order valence-corrected chi connectivity index (χ1v) is 9.38. The van der Waals surface area contributed by atoms with Crippen molar-refractivity contribution >= 4 is 10.0 Å². The van der Waals surface area contributed by atoms with Gasteiger partial charge in [0, 0.05) is 19.1 Å². The van der Waals surface area contributed by atoms with Crippen molar-refractivity contribution < 1.29 is 8.42 Å². The van der Waals surface area contributed by atoms with Crippen LogP contribution in [-0.2, 0) is 22.3 Å². The van der Waals surface area contributed by atoms with Gasteiger partial charge in [0.1, 0.15) is 0 Å². The molecule has 1 fully saturated rings. The van der Waals surface area contributed by atoms with Gasteiger partial charge in [-0.15, -0.1) is 0 Å². The molecule has 0 amide bonds. The molecule has 0 radical (unpaired) electrons. The summed E-state index contributed by atoms with van der Waals surface area (Å²) in [5.74, 6) is 0.815. The van der Waals surface area contributed by atoms with Gasteiger partial charge in [-0.3, -0.25) is 0 Å². The Bertz CT molecular complexity index is 534. The van der Waals surface area contributed by atoms with Crippen LogP contribution in [0.15, 0.2) is 24.3 Å². The number of nitrogens with one attached hydrogen (secondary N) is 2. The molecule has 0 bridgehead atoms. The van der Waals surface area contributed by atoms with E-state index in [0.29, 0.717) is 12.6 Å². The summed E-state index contributed by atoms with van der Waals surface area (Å²) in [4.78, 5) is 0. The third-order valence-electron chi connectivity index (χ3n) is 3.67. The van der Waals surface area contributed by atoms with Crippen LogP contribution in [0.5, 0.6) is 0 Å². The molecule has 0 unspecified atom stereocenters. The van der Waals surface area contributed by atoms with E-state index < -0.39 is 10.0 Å². The van der Waals surface area contributed by atoms with Crippen LogP contribution >= 0.6 is 0 Å². The third-order valence-corrected chi connectivity index (χ3v) is 5.02. The van der Waals surface area contributed by atoms with Crippen molar-refractivity contribution in [1.82, 2.24) is 10.0 Å². The number of hydrogen-bond donors (Lipinski definition) is 2. The first kappa shape index (κ1) is 16.5. The molecule has 0 aromatic heterocycles. The average Bonchev–Trinajstić information content (AvgIpc) is 3.21. The maximum atomic E-state index is 12.0. The van der Waals surface area contributed by atoms with E-state index in [1.807, 2.05) is 24.3 Å². The van der Waals surface area contributed by atoms with Crippen LogP contribution in [0.3, 0.4) is 0 Å². The Labute approximate surface area is 128 Å².